The number of amides is 1. The van der Waals surface area contributed by atoms with Crippen molar-refractivity contribution in [1.82, 2.24) is 5.32 Å². The summed E-state index contributed by atoms with van der Waals surface area (Å²) in [7, 11) is 1.85. The van der Waals surface area contributed by atoms with E-state index in [0.29, 0.717) is 10.9 Å². The van der Waals surface area contributed by atoms with E-state index in [2.05, 4.69) is 10.6 Å². The van der Waals surface area contributed by atoms with Crippen LogP contribution in [-0.2, 0) is 4.79 Å². The van der Waals surface area contributed by atoms with Gasteiger partial charge in [0.1, 0.15) is 0 Å². The molecule has 1 unspecified atom stereocenters. The first kappa shape index (κ1) is 12.5. The van der Waals surface area contributed by atoms with E-state index in [1.807, 2.05) is 20.0 Å². The highest BCUT2D eigenvalue weighted by Gasteiger charge is 2.15. The molecule has 0 aliphatic heterocycles. The summed E-state index contributed by atoms with van der Waals surface area (Å²) in [6.45, 7) is 2.70. The zero-order chi connectivity index (χ0) is 11.3. The van der Waals surface area contributed by atoms with E-state index in [1.54, 1.807) is 6.07 Å². The lowest BCUT2D eigenvalue weighted by Crippen LogP contribution is -2.30. The molecular weight excluding hydrogens is 232 g/mol. The molecule has 0 fully saturated rings. The van der Waals surface area contributed by atoms with Crippen molar-refractivity contribution in [1.29, 1.82) is 0 Å². The van der Waals surface area contributed by atoms with E-state index >= 15 is 0 Å². The lowest BCUT2D eigenvalue weighted by molar-refractivity contribution is -0.119. The first-order chi connectivity index (χ1) is 7.17. The van der Waals surface area contributed by atoms with E-state index < -0.39 is 0 Å². The second-order valence-electron chi connectivity index (χ2n) is 3.26. The standard InChI is InChI=1S/C10H15ClN2OS/c1-3-7(6-12-2)10(14)13-9-5-4-8(11)15-9/h4-5,7,12H,3,6H2,1-2H3,(H,13,14). The van der Waals surface area contributed by atoms with E-state index in [-0.39, 0.29) is 11.8 Å². The van der Waals surface area contributed by atoms with Crippen molar-refractivity contribution in [3.63, 3.8) is 0 Å². The predicted octanol–water partition coefficient (Wildman–Crippen LogP) is 2.59. The molecule has 0 aliphatic carbocycles. The zero-order valence-electron chi connectivity index (χ0n) is 8.84. The molecule has 0 saturated carbocycles. The van der Waals surface area contributed by atoms with E-state index in [0.717, 1.165) is 11.4 Å². The van der Waals surface area contributed by atoms with Crippen LogP contribution in [0.15, 0.2) is 12.1 Å². The molecule has 1 aromatic rings. The van der Waals surface area contributed by atoms with Crippen LogP contribution < -0.4 is 10.6 Å². The van der Waals surface area contributed by atoms with Crippen LogP contribution in [0.3, 0.4) is 0 Å². The van der Waals surface area contributed by atoms with Gasteiger partial charge in [-0.2, -0.15) is 0 Å². The Morgan fingerprint density at radius 3 is 2.80 bits per heavy atom. The molecule has 0 aromatic carbocycles. The lowest BCUT2D eigenvalue weighted by atomic mass is 10.1. The summed E-state index contributed by atoms with van der Waals surface area (Å²) >= 11 is 7.15. The number of carbonyl (C=O) groups is 1. The van der Waals surface area contributed by atoms with Crippen LogP contribution in [0.1, 0.15) is 13.3 Å². The maximum atomic E-state index is 11.8. The van der Waals surface area contributed by atoms with Crippen LogP contribution in [0.5, 0.6) is 0 Å². The largest absolute Gasteiger partial charge is 0.319 e. The van der Waals surface area contributed by atoms with Crippen LogP contribution in [0.2, 0.25) is 4.34 Å². The molecule has 0 aliphatic rings. The molecule has 0 bridgehead atoms. The number of rotatable bonds is 5. The van der Waals surface area contributed by atoms with E-state index in [1.165, 1.54) is 11.3 Å². The number of carbonyl (C=O) groups excluding carboxylic acids is 1. The Kier molecular flexibility index (Phi) is 5.08. The Morgan fingerprint density at radius 1 is 1.60 bits per heavy atom. The van der Waals surface area contributed by atoms with Crippen LogP contribution in [-0.4, -0.2) is 19.5 Å². The minimum atomic E-state index is 0.0101. The monoisotopic (exact) mass is 246 g/mol. The average Bonchev–Trinajstić information content (AvgIpc) is 2.60. The Morgan fingerprint density at radius 2 is 2.33 bits per heavy atom. The summed E-state index contributed by atoms with van der Waals surface area (Å²) in [6, 6.07) is 3.60. The second kappa shape index (κ2) is 6.10. The average molecular weight is 247 g/mol. The molecule has 1 aromatic heterocycles. The molecule has 3 nitrogen and oxygen atoms in total. The molecule has 84 valence electrons. The molecule has 15 heavy (non-hydrogen) atoms. The van der Waals surface area contributed by atoms with Gasteiger partial charge in [-0.15, -0.1) is 11.3 Å². The van der Waals surface area contributed by atoms with Crippen molar-refractivity contribution in [3.05, 3.63) is 16.5 Å². The van der Waals surface area contributed by atoms with Crippen LogP contribution in [0.4, 0.5) is 5.00 Å². The van der Waals surface area contributed by atoms with Crippen molar-refractivity contribution in [2.24, 2.45) is 5.92 Å². The van der Waals surface area contributed by atoms with Crippen LogP contribution in [0, 0.1) is 5.92 Å². The third kappa shape index (κ3) is 3.81. The van der Waals surface area contributed by atoms with Crippen molar-refractivity contribution >= 4 is 33.8 Å². The molecule has 2 N–H and O–H groups in total. The van der Waals surface area contributed by atoms with Crippen molar-refractivity contribution in [3.8, 4) is 0 Å². The fraction of sp³-hybridized carbons (Fsp3) is 0.500. The minimum absolute atomic E-state index is 0.0101. The Balaban J connectivity index is 2.53. The van der Waals surface area contributed by atoms with Gasteiger partial charge in [0.05, 0.1) is 15.3 Å². The van der Waals surface area contributed by atoms with Gasteiger partial charge in [-0.25, -0.2) is 0 Å². The number of anilines is 1. The van der Waals surface area contributed by atoms with Gasteiger partial charge in [0.2, 0.25) is 5.91 Å². The van der Waals surface area contributed by atoms with Gasteiger partial charge in [0.25, 0.3) is 0 Å². The molecule has 1 atom stereocenters. The number of thiophene rings is 1. The number of nitrogens with one attached hydrogen (secondary N) is 2. The summed E-state index contributed by atoms with van der Waals surface area (Å²) in [5, 5.41) is 6.67. The minimum Gasteiger partial charge on any atom is -0.319 e. The molecule has 0 saturated heterocycles. The van der Waals surface area contributed by atoms with Gasteiger partial charge in [-0.1, -0.05) is 18.5 Å². The smallest absolute Gasteiger partial charge is 0.229 e. The quantitative estimate of drug-likeness (QED) is 0.839. The van der Waals surface area contributed by atoms with Crippen LogP contribution >= 0.6 is 22.9 Å². The van der Waals surface area contributed by atoms with Crippen molar-refractivity contribution in [2.45, 2.75) is 13.3 Å². The van der Waals surface area contributed by atoms with E-state index in [9.17, 15) is 4.79 Å². The molecule has 1 rings (SSSR count). The highest BCUT2D eigenvalue weighted by Crippen LogP contribution is 2.26. The molecule has 1 amide bonds. The van der Waals surface area contributed by atoms with Crippen molar-refractivity contribution < 1.29 is 4.79 Å². The van der Waals surface area contributed by atoms with Gasteiger partial charge in [-0.05, 0) is 25.6 Å². The Bertz CT molecular complexity index is 327. The molecule has 5 heteroatoms. The summed E-state index contributed by atoms with van der Waals surface area (Å²) in [4.78, 5) is 11.8. The van der Waals surface area contributed by atoms with Gasteiger partial charge < -0.3 is 10.6 Å². The van der Waals surface area contributed by atoms with Gasteiger partial charge >= 0.3 is 0 Å². The summed E-state index contributed by atoms with van der Waals surface area (Å²) in [5.74, 6) is 0.0567. The number of hydrogen-bond donors (Lipinski definition) is 2. The van der Waals surface area contributed by atoms with Crippen LogP contribution in [0.25, 0.3) is 0 Å². The number of hydrogen-bond acceptors (Lipinski definition) is 3. The normalized spacial score (nSPS) is 12.5. The molecular formula is C10H15ClN2OS. The fourth-order valence-corrected chi connectivity index (χ4v) is 2.22. The third-order valence-electron chi connectivity index (χ3n) is 2.13. The summed E-state index contributed by atoms with van der Waals surface area (Å²) in [6.07, 6.45) is 0.825. The summed E-state index contributed by atoms with van der Waals surface area (Å²) < 4.78 is 0.687. The predicted molar refractivity (Wildman–Crippen MR) is 65.7 cm³/mol. The van der Waals surface area contributed by atoms with Gasteiger partial charge in [0, 0.05) is 6.54 Å². The van der Waals surface area contributed by atoms with Gasteiger partial charge in [0.15, 0.2) is 0 Å². The van der Waals surface area contributed by atoms with E-state index in [4.69, 9.17) is 11.6 Å². The highest BCUT2D eigenvalue weighted by molar-refractivity contribution is 7.20. The Hall–Kier alpha value is -0.580. The summed E-state index contributed by atoms with van der Waals surface area (Å²) in [5.41, 5.74) is 0. The molecule has 1 heterocycles. The fourth-order valence-electron chi connectivity index (χ4n) is 1.27. The number of halogens is 1. The molecule has 0 spiro atoms. The second-order valence-corrected chi connectivity index (χ2v) is 4.97. The first-order valence-electron chi connectivity index (χ1n) is 4.88. The SMILES string of the molecule is CCC(CNC)C(=O)Nc1ccc(Cl)s1. The first-order valence-corrected chi connectivity index (χ1v) is 6.07. The maximum Gasteiger partial charge on any atom is 0.229 e. The molecule has 0 radical (unpaired) electrons. The van der Waals surface area contributed by atoms with Crippen molar-refractivity contribution in [2.75, 3.05) is 18.9 Å². The lowest BCUT2D eigenvalue weighted by Gasteiger charge is -2.13. The Labute approximate surface area is 98.8 Å². The topological polar surface area (TPSA) is 41.1 Å². The maximum absolute atomic E-state index is 11.8. The highest BCUT2D eigenvalue weighted by atomic mass is 35.5. The third-order valence-corrected chi connectivity index (χ3v) is 3.28. The van der Waals surface area contributed by atoms with Gasteiger partial charge in [-0.3, -0.25) is 4.79 Å². The zero-order valence-corrected chi connectivity index (χ0v) is 10.4.